The Bertz CT molecular complexity index is 981. The van der Waals surface area contributed by atoms with Crippen LogP contribution < -0.4 is 19.5 Å². The van der Waals surface area contributed by atoms with Crippen molar-refractivity contribution in [2.24, 2.45) is 0 Å². The lowest BCUT2D eigenvalue weighted by Gasteiger charge is -2.16. The van der Waals surface area contributed by atoms with Gasteiger partial charge < -0.3 is 19.5 Å². The van der Waals surface area contributed by atoms with Gasteiger partial charge in [-0.3, -0.25) is 0 Å². The molecule has 3 aromatic carbocycles. The van der Waals surface area contributed by atoms with Gasteiger partial charge in [-0.2, -0.15) is 0 Å². The van der Waals surface area contributed by atoms with Crippen LogP contribution in [0.5, 0.6) is 17.2 Å². The SMILES string of the molecule is COc1ccc(NCc2cc(Br)c(OCc3ccc(Cl)cc3Cl)c(OC)c2)cc1. The summed E-state index contributed by atoms with van der Waals surface area (Å²) in [5.74, 6) is 2.07. The second-order valence-electron chi connectivity index (χ2n) is 6.22. The Morgan fingerprint density at radius 1 is 0.931 bits per heavy atom. The Balaban J connectivity index is 1.70. The molecule has 1 N–H and O–H groups in total. The van der Waals surface area contributed by atoms with Gasteiger partial charge in [0.2, 0.25) is 0 Å². The predicted octanol–water partition coefficient (Wildman–Crippen LogP) is 6.96. The number of benzene rings is 3. The Hall–Kier alpha value is -2.08. The molecular weight excluding hydrogens is 477 g/mol. The minimum Gasteiger partial charge on any atom is -0.497 e. The second-order valence-corrected chi connectivity index (χ2v) is 7.91. The van der Waals surface area contributed by atoms with Crippen molar-refractivity contribution in [1.82, 2.24) is 0 Å². The molecule has 0 fully saturated rings. The van der Waals surface area contributed by atoms with E-state index in [0.29, 0.717) is 34.7 Å². The van der Waals surface area contributed by atoms with Crippen molar-refractivity contribution in [2.45, 2.75) is 13.2 Å². The number of hydrogen-bond acceptors (Lipinski definition) is 4. The first-order chi connectivity index (χ1) is 14.0. The molecule has 7 heteroatoms. The van der Waals surface area contributed by atoms with E-state index in [1.54, 1.807) is 26.4 Å². The first-order valence-corrected chi connectivity index (χ1v) is 10.4. The van der Waals surface area contributed by atoms with Crippen molar-refractivity contribution in [3.63, 3.8) is 0 Å². The highest BCUT2D eigenvalue weighted by molar-refractivity contribution is 9.10. The number of nitrogens with one attached hydrogen (secondary N) is 1. The number of rotatable bonds is 8. The van der Waals surface area contributed by atoms with Gasteiger partial charge in [-0.05, 0) is 70.0 Å². The molecule has 152 valence electrons. The van der Waals surface area contributed by atoms with Crippen LogP contribution in [0, 0.1) is 0 Å². The molecule has 0 amide bonds. The molecule has 0 heterocycles. The fourth-order valence-corrected chi connectivity index (χ4v) is 3.78. The van der Waals surface area contributed by atoms with Gasteiger partial charge in [-0.15, -0.1) is 0 Å². The molecule has 0 aromatic heterocycles. The van der Waals surface area contributed by atoms with E-state index in [0.717, 1.165) is 27.0 Å². The number of ether oxygens (including phenoxy) is 3. The first-order valence-electron chi connectivity index (χ1n) is 8.81. The molecule has 3 rings (SSSR count). The maximum atomic E-state index is 6.23. The van der Waals surface area contributed by atoms with Crippen LogP contribution in [0.4, 0.5) is 5.69 Å². The Morgan fingerprint density at radius 2 is 1.69 bits per heavy atom. The summed E-state index contributed by atoms with van der Waals surface area (Å²) < 4.78 is 17.5. The number of hydrogen-bond donors (Lipinski definition) is 1. The average molecular weight is 497 g/mol. The third kappa shape index (κ3) is 5.72. The minimum absolute atomic E-state index is 0.300. The Morgan fingerprint density at radius 3 is 2.34 bits per heavy atom. The van der Waals surface area contributed by atoms with Crippen LogP contribution in [0.3, 0.4) is 0 Å². The van der Waals surface area contributed by atoms with Crippen LogP contribution in [0.1, 0.15) is 11.1 Å². The smallest absolute Gasteiger partial charge is 0.175 e. The number of halogens is 3. The van der Waals surface area contributed by atoms with Gasteiger partial charge in [0.15, 0.2) is 11.5 Å². The van der Waals surface area contributed by atoms with Gasteiger partial charge in [0.1, 0.15) is 12.4 Å². The molecule has 3 aromatic rings. The lowest BCUT2D eigenvalue weighted by Crippen LogP contribution is -2.03. The summed E-state index contributed by atoms with van der Waals surface area (Å²) in [5, 5.41) is 4.53. The number of anilines is 1. The highest BCUT2D eigenvalue weighted by Crippen LogP contribution is 2.38. The fourth-order valence-electron chi connectivity index (χ4n) is 2.72. The molecule has 0 radical (unpaired) electrons. The van der Waals surface area contributed by atoms with Crippen LogP contribution in [-0.2, 0) is 13.2 Å². The number of methoxy groups -OCH3 is 2. The lowest BCUT2D eigenvalue weighted by atomic mass is 10.2. The van der Waals surface area contributed by atoms with Gasteiger partial charge in [-0.25, -0.2) is 0 Å². The zero-order valence-corrected chi connectivity index (χ0v) is 19.1. The third-order valence-electron chi connectivity index (χ3n) is 4.26. The summed E-state index contributed by atoms with van der Waals surface area (Å²) in [4.78, 5) is 0. The molecular formula is C22H20BrCl2NO3. The third-order valence-corrected chi connectivity index (χ3v) is 5.44. The topological polar surface area (TPSA) is 39.7 Å². The first kappa shape index (κ1) is 21.6. The molecule has 0 aliphatic heterocycles. The van der Waals surface area contributed by atoms with E-state index in [2.05, 4.69) is 21.2 Å². The maximum absolute atomic E-state index is 6.23. The summed E-state index contributed by atoms with van der Waals surface area (Å²) in [6, 6.07) is 17.0. The van der Waals surface area contributed by atoms with E-state index in [1.165, 1.54) is 0 Å². The van der Waals surface area contributed by atoms with E-state index in [-0.39, 0.29) is 0 Å². The van der Waals surface area contributed by atoms with Crippen molar-refractivity contribution >= 4 is 44.8 Å². The largest absolute Gasteiger partial charge is 0.497 e. The van der Waals surface area contributed by atoms with Crippen LogP contribution in [0.2, 0.25) is 10.0 Å². The molecule has 0 aliphatic carbocycles. The summed E-state index contributed by atoms with van der Waals surface area (Å²) in [7, 11) is 3.27. The van der Waals surface area contributed by atoms with E-state index in [1.807, 2.05) is 42.5 Å². The lowest BCUT2D eigenvalue weighted by molar-refractivity contribution is 0.282. The van der Waals surface area contributed by atoms with Gasteiger partial charge in [0.25, 0.3) is 0 Å². The van der Waals surface area contributed by atoms with Crippen molar-refractivity contribution in [2.75, 3.05) is 19.5 Å². The zero-order chi connectivity index (χ0) is 20.8. The van der Waals surface area contributed by atoms with E-state index < -0.39 is 0 Å². The van der Waals surface area contributed by atoms with Crippen molar-refractivity contribution in [1.29, 1.82) is 0 Å². The highest BCUT2D eigenvalue weighted by atomic mass is 79.9. The Kier molecular flexibility index (Phi) is 7.53. The standard InChI is InChI=1S/C22H20BrCl2NO3/c1-27-18-7-5-17(6-8-18)26-12-14-9-19(23)22(21(10-14)28-2)29-13-15-3-4-16(24)11-20(15)25/h3-11,26H,12-13H2,1-2H3. The van der Waals surface area contributed by atoms with Gasteiger partial charge >= 0.3 is 0 Å². The minimum atomic E-state index is 0.300. The van der Waals surface area contributed by atoms with Gasteiger partial charge in [-0.1, -0.05) is 29.3 Å². The summed E-state index contributed by atoms with van der Waals surface area (Å²) in [6.45, 7) is 0.930. The van der Waals surface area contributed by atoms with Crippen LogP contribution >= 0.6 is 39.1 Å². The zero-order valence-electron chi connectivity index (χ0n) is 16.0. The molecule has 29 heavy (non-hydrogen) atoms. The monoisotopic (exact) mass is 495 g/mol. The van der Waals surface area contributed by atoms with Gasteiger partial charge in [0, 0.05) is 27.8 Å². The van der Waals surface area contributed by atoms with E-state index in [4.69, 9.17) is 37.4 Å². The summed E-state index contributed by atoms with van der Waals surface area (Å²) in [5.41, 5.74) is 2.88. The summed E-state index contributed by atoms with van der Waals surface area (Å²) >= 11 is 15.8. The van der Waals surface area contributed by atoms with Crippen LogP contribution in [-0.4, -0.2) is 14.2 Å². The molecule has 0 bridgehead atoms. The van der Waals surface area contributed by atoms with Gasteiger partial charge in [0.05, 0.1) is 18.7 Å². The average Bonchev–Trinajstić information content (AvgIpc) is 2.72. The van der Waals surface area contributed by atoms with Crippen LogP contribution in [0.25, 0.3) is 0 Å². The molecule has 0 spiro atoms. The van der Waals surface area contributed by atoms with Crippen molar-refractivity contribution in [3.8, 4) is 17.2 Å². The molecule has 4 nitrogen and oxygen atoms in total. The highest BCUT2D eigenvalue weighted by Gasteiger charge is 2.13. The summed E-state index contributed by atoms with van der Waals surface area (Å²) in [6.07, 6.45) is 0. The quantitative estimate of drug-likeness (QED) is 0.365. The molecule has 0 unspecified atom stereocenters. The van der Waals surface area contributed by atoms with E-state index in [9.17, 15) is 0 Å². The predicted molar refractivity (Wildman–Crippen MR) is 122 cm³/mol. The molecule has 0 saturated carbocycles. The maximum Gasteiger partial charge on any atom is 0.175 e. The molecule has 0 atom stereocenters. The Labute approximate surface area is 188 Å². The van der Waals surface area contributed by atoms with E-state index >= 15 is 0 Å². The molecule has 0 aliphatic rings. The second kappa shape index (κ2) is 10.1. The molecule has 0 saturated heterocycles. The normalized spacial score (nSPS) is 10.5. The van der Waals surface area contributed by atoms with Crippen LogP contribution in [0.15, 0.2) is 59.1 Å². The fraction of sp³-hybridized carbons (Fsp3) is 0.182. The van der Waals surface area contributed by atoms with Crippen molar-refractivity contribution < 1.29 is 14.2 Å². The van der Waals surface area contributed by atoms with Crippen molar-refractivity contribution in [3.05, 3.63) is 80.2 Å².